The monoisotopic (exact) mass is 255 g/mol. The normalized spacial score (nSPS) is 9.94. The fourth-order valence-corrected chi connectivity index (χ4v) is 1.91. The Kier molecular flexibility index (Phi) is 4.70. The Hall–Kier alpha value is -1.83. The molecule has 17 heavy (non-hydrogen) atoms. The molecule has 0 spiro atoms. The van der Waals surface area contributed by atoms with Gasteiger partial charge in [-0.05, 0) is 6.92 Å². The third-order valence-corrected chi connectivity index (χ3v) is 2.53. The van der Waals surface area contributed by atoms with Gasteiger partial charge in [-0.3, -0.25) is 10.1 Å². The number of anilines is 1. The molecule has 1 rings (SSSR count). The molecule has 1 aromatic heterocycles. The van der Waals surface area contributed by atoms with Crippen LogP contribution in [0.5, 0.6) is 0 Å². The summed E-state index contributed by atoms with van der Waals surface area (Å²) >= 11 is 1.29. The number of nitrogens with one attached hydrogen (secondary N) is 1. The van der Waals surface area contributed by atoms with E-state index in [1.54, 1.807) is 6.07 Å². The van der Waals surface area contributed by atoms with E-state index in [0.717, 1.165) is 5.69 Å². The predicted octanol–water partition coefficient (Wildman–Crippen LogP) is 0.0443. The van der Waals surface area contributed by atoms with Gasteiger partial charge in [0.25, 0.3) is 0 Å². The summed E-state index contributed by atoms with van der Waals surface area (Å²) in [4.78, 5) is 29.6. The van der Waals surface area contributed by atoms with E-state index in [1.165, 1.54) is 11.8 Å². The van der Waals surface area contributed by atoms with Crippen LogP contribution in [-0.4, -0.2) is 27.7 Å². The number of hydrogen-bond donors (Lipinski definition) is 3. The lowest BCUT2D eigenvalue weighted by atomic mass is 10.4. The molecular formula is C9H13N5O2S. The largest absolute Gasteiger partial charge is 0.384 e. The van der Waals surface area contributed by atoms with E-state index in [2.05, 4.69) is 9.97 Å². The Morgan fingerprint density at radius 3 is 2.76 bits per heavy atom. The van der Waals surface area contributed by atoms with E-state index in [4.69, 9.17) is 11.5 Å². The average Bonchev–Trinajstić information content (AvgIpc) is 2.14. The standard InChI is InChI=1S/C9H13N5O2S/c1-5-4-6(10)13-9(12-5)17-3-2-7(15)14-8(11)16/h4H,2-3H2,1H3,(H2,10,12,13)(H3,11,14,15,16). The van der Waals surface area contributed by atoms with Crippen molar-refractivity contribution >= 4 is 29.5 Å². The average molecular weight is 255 g/mol. The van der Waals surface area contributed by atoms with Crippen LogP contribution >= 0.6 is 11.8 Å². The van der Waals surface area contributed by atoms with E-state index in [0.29, 0.717) is 16.7 Å². The number of aryl methyl sites for hydroxylation is 1. The van der Waals surface area contributed by atoms with Crippen molar-refractivity contribution in [3.05, 3.63) is 11.8 Å². The summed E-state index contributed by atoms with van der Waals surface area (Å²) in [6.45, 7) is 1.81. The number of thioether (sulfide) groups is 1. The second kappa shape index (κ2) is 6.04. The fourth-order valence-electron chi connectivity index (χ4n) is 1.06. The number of amides is 3. The smallest absolute Gasteiger partial charge is 0.318 e. The van der Waals surface area contributed by atoms with Crippen LogP contribution in [0, 0.1) is 6.92 Å². The van der Waals surface area contributed by atoms with Crippen molar-refractivity contribution in [2.45, 2.75) is 18.5 Å². The van der Waals surface area contributed by atoms with Gasteiger partial charge in [0.2, 0.25) is 5.91 Å². The van der Waals surface area contributed by atoms with Crippen molar-refractivity contribution in [1.82, 2.24) is 15.3 Å². The number of aromatic nitrogens is 2. The van der Waals surface area contributed by atoms with Gasteiger partial charge >= 0.3 is 6.03 Å². The molecule has 0 saturated carbocycles. The van der Waals surface area contributed by atoms with Gasteiger partial charge in [-0.2, -0.15) is 0 Å². The summed E-state index contributed by atoms with van der Waals surface area (Å²) in [7, 11) is 0. The molecule has 0 atom stereocenters. The van der Waals surface area contributed by atoms with Gasteiger partial charge in [-0.25, -0.2) is 14.8 Å². The number of urea groups is 1. The molecule has 0 radical (unpaired) electrons. The molecule has 0 aliphatic rings. The third kappa shape index (κ3) is 5.16. The van der Waals surface area contributed by atoms with Gasteiger partial charge in [0.05, 0.1) is 0 Å². The number of nitrogens with two attached hydrogens (primary N) is 2. The molecule has 0 saturated heterocycles. The summed E-state index contributed by atoms with van der Waals surface area (Å²) in [5, 5.41) is 2.48. The minimum Gasteiger partial charge on any atom is -0.384 e. The Balaban J connectivity index is 2.40. The van der Waals surface area contributed by atoms with Crippen LogP contribution in [0.1, 0.15) is 12.1 Å². The van der Waals surface area contributed by atoms with Crippen molar-refractivity contribution in [2.24, 2.45) is 5.73 Å². The quantitative estimate of drug-likeness (QED) is 0.515. The maximum atomic E-state index is 11.1. The lowest BCUT2D eigenvalue weighted by Crippen LogP contribution is -2.35. The highest BCUT2D eigenvalue weighted by molar-refractivity contribution is 7.99. The Bertz CT molecular complexity index is 417. The van der Waals surface area contributed by atoms with E-state index in [1.807, 2.05) is 12.2 Å². The van der Waals surface area contributed by atoms with Crippen LogP contribution in [0.25, 0.3) is 0 Å². The van der Waals surface area contributed by atoms with Gasteiger partial charge in [0.15, 0.2) is 5.16 Å². The molecule has 8 heteroatoms. The van der Waals surface area contributed by atoms with Crippen LogP contribution in [0.2, 0.25) is 0 Å². The second-order valence-corrected chi connectivity index (χ2v) is 4.29. The van der Waals surface area contributed by atoms with Gasteiger partial charge in [0.1, 0.15) is 5.82 Å². The van der Waals surface area contributed by atoms with Crippen LogP contribution in [0.15, 0.2) is 11.2 Å². The zero-order valence-corrected chi connectivity index (χ0v) is 10.1. The Morgan fingerprint density at radius 1 is 1.47 bits per heavy atom. The third-order valence-electron chi connectivity index (χ3n) is 1.68. The number of rotatable bonds is 4. The molecule has 0 aliphatic carbocycles. The van der Waals surface area contributed by atoms with Gasteiger partial charge in [-0.1, -0.05) is 11.8 Å². The molecule has 5 N–H and O–H groups in total. The first-order chi connectivity index (χ1) is 7.97. The number of nitrogens with zero attached hydrogens (tertiary/aromatic N) is 2. The molecule has 0 bridgehead atoms. The highest BCUT2D eigenvalue weighted by atomic mass is 32.2. The van der Waals surface area contributed by atoms with Crippen molar-refractivity contribution in [3.8, 4) is 0 Å². The van der Waals surface area contributed by atoms with Gasteiger partial charge in [-0.15, -0.1) is 0 Å². The van der Waals surface area contributed by atoms with E-state index < -0.39 is 11.9 Å². The summed E-state index contributed by atoms with van der Waals surface area (Å²) in [5.41, 5.74) is 11.1. The molecule has 0 fully saturated rings. The maximum Gasteiger partial charge on any atom is 0.318 e. The topological polar surface area (TPSA) is 124 Å². The summed E-state index contributed by atoms with van der Waals surface area (Å²) < 4.78 is 0. The lowest BCUT2D eigenvalue weighted by molar-refractivity contribution is -0.119. The van der Waals surface area contributed by atoms with E-state index >= 15 is 0 Å². The summed E-state index contributed by atoms with van der Waals surface area (Å²) in [6.07, 6.45) is 0.158. The van der Waals surface area contributed by atoms with Crippen LogP contribution in [-0.2, 0) is 4.79 Å². The first kappa shape index (κ1) is 13.2. The van der Waals surface area contributed by atoms with Gasteiger partial charge in [0, 0.05) is 23.9 Å². The molecular weight excluding hydrogens is 242 g/mol. The van der Waals surface area contributed by atoms with Gasteiger partial charge < -0.3 is 11.5 Å². The number of imide groups is 1. The molecule has 7 nitrogen and oxygen atoms in total. The van der Waals surface area contributed by atoms with Crippen LogP contribution < -0.4 is 16.8 Å². The molecule has 1 heterocycles. The first-order valence-electron chi connectivity index (χ1n) is 4.80. The number of primary amides is 1. The van der Waals surface area contributed by atoms with Crippen molar-refractivity contribution in [2.75, 3.05) is 11.5 Å². The fraction of sp³-hybridized carbons (Fsp3) is 0.333. The lowest BCUT2D eigenvalue weighted by Gasteiger charge is -2.02. The highest BCUT2D eigenvalue weighted by Gasteiger charge is 2.06. The first-order valence-corrected chi connectivity index (χ1v) is 5.79. The zero-order chi connectivity index (χ0) is 12.8. The zero-order valence-electron chi connectivity index (χ0n) is 9.27. The molecule has 0 aliphatic heterocycles. The highest BCUT2D eigenvalue weighted by Crippen LogP contribution is 2.15. The van der Waals surface area contributed by atoms with E-state index in [9.17, 15) is 9.59 Å². The molecule has 0 aromatic carbocycles. The Labute approximate surface area is 102 Å². The molecule has 0 unspecified atom stereocenters. The summed E-state index contributed by atoms with van der Waals surface area (Å²) in [5.74, 6) is 0.411. The predicted molar refractivity (Wildman–Crippen MR) is 64.2 cm³/mol. The molecule has 1 aromatic rings. The number of carbonyl (C=O) groups is 2. The SMILES string of the molecule is Cc1cc(N)nc(SCCC(=O)NC(N)=O)n1. The number of nitrogen functional groups attached to an aromatic ring is 1. The Morgan fingerprint density at radius 2 is 2.18 bits per heavy atom. The number of hydrogen-bond acceptors (Lipinski definition) is 6. The van der Waals surface area contributed by atoms with Crippen LogP contribution in [0.3, 0.4) is 0 Å². The van der Waals surface area contributed by atoms with Crippen molar-refractivity contribution in [3.63, 3.8) is 0 Å². The van der Waals surface area contributed by atoms with Crippen molar-refractivity contribution < 1.29 is 9.59 Å². The van der Waals surface area contributed by atoms with E-state index in [-0.39, 0.29) is 6.42 Å². The molecule has 3 amide bonds. The second-order valence-electron chi connectivity index (χ2n) is 3.23. The minimum atomic E-state index is -0.851. The molecule has 92 valence electrons. The van der Waals surface area contributed by atoms with Crippen LogP contribution in [0.4, 0.5) is 10.6 Å². The maximum absolute atomic E-state index is 11.1. The summed E-state index contributed by atoms with van der Waals surface area (Å²) in [6, 6.07) is 0.806. The number of carbonyl (C=O) groups excluding carboxylic acids is 2. The van der Waals surface area contributed by atoms with Crippen molar-refractivity contribution in [1.29, 1.82) is 0 Å². The minimum absolute atomic E-state index is 0.158.